The molecule has 3 heterocycles. The van der Waals surface area contributed by atoms with Crippen molar-refractivity contribution in [2.45, 2.75) is 27.3 Å². The zero-order valence-electron chi connectivity index (χ0n) is 18.8. The highest BCUT2D eigenvalue weighted by Crippen LogP contribution is 2.24. The monoisotopic (exact) mass is 436 g/mol. The third-order valence-electron chi connectivity index (χ3n) is 5.79. The number of carbonyl (C=O) groups is 1. The van der Waals surface area contributed by atoms with Crippen LogP contribution in [-0.2, 0) is 6.54 Å². The predicted octanol–water partition coefficient (Wildman–Crippen LogP) is 4.82. The van der Waals surface area contributed by atoms with Crippen LogP contribution in [0.15, 0.2) is 73.1 Å². The van der Waals surface area contributed by atoms with Gasteiger partial charge in [0.15, 0.2) is 5.65 Å². The maximum atomic E-state index is 13.2. The SMILES string of the molecule is Cc1ccc(-c2ccnc3c(C(=O)Nc4c(C)nn(Cc5ccccc5)c4C)cnn23)cc1. The van der Waals surface area contributed by atoms with Crippen molar-refractivity contribution in [2.75, 3.05) is 5.32 Å². The van der Waals surface area contributed by atoms with Crippen molar-refractivity contribution in [3.63, 3.8) is 0 Å². The number of benzene rings is 2. The fourth-order valence-electron chi connectivity index (χ4n) is 3.96. The maximum Gasteiger partial charge on any atom is 0.261 e. The molecule has 164 valence electrons. The summed E-state index contributed by atoms with van der Waals surface area (Å²) in [5.41, 5.74) is 7.52. The Morgan fingerprint density at radius 3 is 2.48 bits per heavy atom. The molecule has 7 heteroatoms. The number of rotatable bonds is 5. The Morgan fingerprint density at radius 2 is 1.73 bits per heavy atom. The molecule has 0 aliphatic rings. The Hall–Kier alpha value is -4.26. The van der Waals surface area contributed by atoms with Gasteiger partial charge >= 0.3 is 0 Å². The molecule has 0 aliphatic heterocycles. The summed E-state index contributed by atoms with van der Waals surface area (Å²) in [4.78, 5) is 17.6. The number of hydrogen-bond donors (Lipinski definition) is 1. The van der Waals surface area contributed by atoms with Gasteiger partial charge in [0.25, 0.3) is 5.91 Å². The van der Waals surface area contributed by atoms with Gasteiger partial charge < -0.3 is 5.32 Å². The Bertz CT molecular complexity index is 1450. The zero-order valence-corrected chi connectivity index (χ0v) is 18.8. The van der Waals surface area contributed by atoms with Gasteiger partial charge in [-0.05, 0) is 32.4 Å². The van der Waals surface area contributed by atoms with Gasteiger partial charge in [-0.15, -0.1) is 0 Å². The van der Waals surface area contributed by atoms with Gasteiger partial charge in [-0.1, -0.05) is 60.2 Å². The largest absolute Gasteiger partial charge is 0.319 e. The Labute approximate surface area is 191 Å². The van der Waals surface area contributed by atoms with Gasteiger partial charge in [0.05, 0.1) is 35.5 Å². The molecule has 0 aliphatic carbocycles. The van der Waals surface area contributed by atoms with Crippen molar-refractivity contribution in [3.05, 3.63) is 101 Å². The summed E-state index contributed by atoms with van der Waals surface area (Å²) in [6.45, 7) is 6.55. The minimum Gasteiger partial charge on any atom is -0.319 e. The third kappa shape index (κ3) is 3.89. The molecule has 7 nitrogen and oxygen atoms in total. The normalized spacial score (nSPS) is 11.1. The van der Waals surface area contributed by atoms with Crippen LogP contribution in [-0.4, -0.2) is 30.3 Å². The van der Waals surface area contributed by atoms with Crippen LogP contribution in [0, 0.1) is 20.8 Å². The Morgan fingerprint density at radius 1 is 0.970 bits per heavy atom. The van der Waals surface area contributed by atoms with Gasteiger partial charge in [0.1, 0.15) is 5.56 Å². The van der Waals surface area contributed by atoms with Crippen LogP contribution < -0.4 is 5.32 Å². The number of hydrogen-bond acceptors (Lipinski definition) is 4. The van der Waals surface area contributed by atoms with Crippen molar-refractivity contribution in [2.24, 2.45) is 0 Å². The van der Waals surface area contributed by atoms with E-state index in [1.54, 1.807) is 16.9 Å². The lowest BCUT2D eigenvalue weighted by atomic mass is 10.1. The molecule has 0 atom stereocenters. The van der Waals surface area contributed by atoms with E-state index in [4.69, 9.17) is 0 Å². The zero-order chi connectivity index (χ0) is 22.9. The van der Waals surface area contributed by atoms with Crippen molar-refractivity contribution in [1.82, 2.24) is 24.4 Å². The molecule has 0 unspecified atom stereocenters. The van der Waals surface area contributed by atoms with Gasteiger partial charge in [-0.3, -0.25) is 9.48 Å². The lowest BCUT2D eigenvalue weighted by molar-refractivity contribution is 0.102. The van der Waals surface area contributed by atoms with E-state index in [1.807, 2.05) is 61.9 Å². The first-order chi connectivity index (χ1) is 16.0. The van der Waals surface area contributed by atoms with Crippen LogP contribution in [0.3, 0.4) is 0 Å². The molecule has 0 spiro atoms. The molecule has 0 fully saturated rings. The van der Waals surface area contributed by atoms with Crippen LogP contribution in [0.4, 0.5) is 5.69 Å². The molecule has 1 amide bonds. The lowest BCUT2D eigenvalue weighted by Crippen LogP contribution is -2.13. The molecule has 1 N–H and O–H groups in total. The number of anilines is 1. The molecule has 0 saturated carbocycles. The number of aryl methyl sites for hydroxylation is 2. The standard InChI is InChI=1S/C26H24N6O/c1-17-9-11-21(12-10-17)23-13-14-27-25-22(15-28-32(23)25)26(33)29-24-18(2)30-31(19(24)3)16-20-7-5-4-6-8-20/h4-15H,16H2,1-3H3,(H,29,33). The van der Waals surface area contributed by atoms with E-state index in [9.17, 15) is 4.79 Å². The molecular weight excluding hydrogens is 412 g/mol. The molecule has 2 aromatic carbocycles. The summed E-state index contributed by atoms with van der Waals surface area (Å²) in [5, 5.41) is 12.1. The van der Waals surface area contributed by atoms with Gasteiger partial charge in [0, 0.05) is 11.8 Å². The summed E-state index contributed by atoms with van der Waals surface area (Å²) in [6.07, 6.45) is 3.27. The van der Waals surface area contributed by atoms with Crippen LogP contribution in [0.2, 0.25) is 0 Å². The minimum absolute atomic E-state index is 0.260. The number of nitrogens with one attached hydrogen (secondary N) is 1. The average molecular weight is 437 g/mol. The second kappa shape index (κ2) is 8.35. The van der Waals surface area contributed by atoms with Crippen LogP contribution in [0.25, 0.3) is 16.9 Å². The summed E-state index contributed by atoms with van der Waals surface area (Å²) in [7, 11) is 0. The highest BCUT2D eigenvalue weighted by molar-refractivity contribution is 6.08. The van der Waals surface area contributed by atoms with E-state index in [1.165, 1.54) is 5.56 Å². The molecule has 0 radical (unpaired) electrons. The molecule has 3 aromatic heterocycles. The molecular formula is C26H24N6O. The van der Waals surface area contributed by atoms with Gasteiger partial charge in [-0.25, -0.2) is 9.50 Å². The minimum atomic E-state index is -0.260. The summed E-state index contributed by atoms with van der Waals surface area (Å²) >= 11 is 0. The van der Waals surface area contributed by atoms with E-state index >= 15 is 0 Å². The van der Waals surface area contributed by atoms with Gasteiger partial charge in [0.2, 0.25) is 0 Å². The number of aromatic nitrogens is 5. The average Bonchev–Trinajstić information content (AvgIpc) is 3.37. The van der Waals surface area contributed by atoms with E-state index in [-0.39, 0.29) is 5.91 Å². The van der Waals surface area contributed by atoms with E-state index in [2.05, 4.69) is 44.8 Å². The maximum absolute atomic E-state index is 13.2. The summed E-state index contributed by atoms with van der Waals surface area (Å²) in [6, 6.07) is 20.2. The first-order valence-electron chi connectivity index (χ1n) is 10.8. The second-order valence-electron chi connectivity index (χ2n) is 8.13. The number of carbonyl (C=O) groups excluding carboxylic acids is 1. The van der Waals surface area contributed by atoms with Crippen molar-refractivity contribution in [1.29, 1.82) is 0 Å². The van der Waals surface area contributed by atoms with E-state index in [0.29, 0.717) is 23.4 Å². The smallest absolute Gasteiger partial charge is 0.261 e. The quantitative estimate of drug-likeness (QED) is 0.429. The molecule has 5 aromatic rings. The molecule has 0 saturated heterocycles. The van der Waals surface area contributed by atoms with Crippen molar-refractivity contribution < 1.29 is 4.79 Å². The lowest BCUT2D eigenvalue weighted by Gasteiger charge is -2.08. The number of amides is 1. The van der Waals surface area contributed by atoms with Crippen LogP contribution >= 0.6 is 0 Å². The Balaban J connectivity index is 1.44. The first kappa shape index (κ1) is 20.6. The summed E-state index contributed by atoms with van der Waals surface area (Å²) < 4.78 is 3.61. The second-order valence-corrected chi connectivity index (χ2v) is 8.13. The molecule has 0 bridgehead atoms. The predicted molar refractivity (Wildman–Crippen MR) is 128 cm³/mol. The fourth-order valence-corrected chi connectivity index (χ4v) is 3.96. The third-order valence-corrected chi connectivity index (χ3v) is 5.79. The van der Waals surface area contributed by atoms with Crippen LogP contribution in [0.5, 0.6) is 0 Å². The van der Waals surface area contributed by atoms with Crippen LogP contribution in [0.1, 0.15) is 32.9 Å². The van der Waals surface area contributed by atoms with E-state index < -0.39 is 0 Å². The highest BCUT2D eigenvalue weighted by atomic mass is 16.1. The van der Waals surface area contributed by atoms with Crippen molar-refractivity contribution in [3.8, 4) is 11.3 Å². The fraction of sp³-hybridized carbons (Fsp3) is 0.154. The Kier molecular flexibility index (Phi) is 5.22. The highest BCUT2D eigenvalue weighted by Gasteiger charge is 2.20. The van der Waals surface area contributed by atoms with E-state index in [0.717, 1.165) is 28.2 Å². The molecule has 33 heavy (non-hydrogen) atoms. The van der Waals surface area contributed by atoms with Gasteiger partial charge in [-0.2, -0.15) is 10.2 Å². The van der Waals surface area contributed by atoms with Crippen molar-refractivity contribution >= 4 is 17.2 Å². The topological polar surface area (TPSA) is 77.1 Å². The molecule has 5 rings (SSSR count). The number of fused-ring (bicyclic) bond motifs is 1. The summed E-state index contributed by atoms with van der Waals surface area (Å²) in [5.74, 6) is -0.260. The number of nitrogens with zero attached hydrogens (tertiary/aromatic N) is 5. The first-order valence-corrected chi connectivity index (χ1v) is 10.8.